The van der Waals surface area contributed by atoms with Crippen molar-refractivity contribution >= 4 is 22.0 Å². The van der Waals surface area contributed by atoms with Crippen molar-refractivity contribution in [3.05, 3.63) is 94.9 Å². The molecule has 0 fully saturated rings. The van der Waals surface area contributed by atoms with Crippen molar-refractivity contribution in [1.82, 2.24) is 9.97 Å². The topological polar surface area (TPSA) is 56.0 Å². The van der Waals surface area contributed by atoms with Crippen molar-refractivity contribution < 1.29 is 13.2 Å². The van der Waals surface area contributed by atoms with Gasteiger partial charge in [0.05, 0.1) is 11.4 Å². The van der Waals surface area contributed by atoms with Crippen LogP contribution in [0.4, 0.5) is 8.78 Å². The van der Waals surface area contributed by atoms with Gasteiger partial charge in [-0.15, -0.1) is 0 Å². The summed E-state index contributed by atoms with van der Waals surface area (Å²) in [7, 11) is 0. The maximum atomic E-state index is 13.5. The summed E-state index contributed by atoms with van der Waals surface area (Å²) in [5.74, 6) is -0.770. The lowest BCUT2D eigenvalue weighted by atomic mass is 10.0. The Hall–Kier alpha value is -3.93. The van der Waals surface area contributed by atoms with Gasteiger partial charge in [0, 0.05) is 16.5 Å². The van der Waals surface area contributed by atoms with Crippen molar-refractivity contribution in [2.75, 3.05) is 0 Å². The fourth-order valence-corrected chi connectivity index (χ4v) is 3.28. The number of benzene rings is 3. The van der Waals surface area contributed by atoms with E-state index in [0.717, 1.165) is 0 Å². The number of nitrogens with zero attached hydrogens (tertiary/aromatic N) is 2. The van der Waals surface area contributed by atoms with Crippen molar-refractivity contribution in [3.63, 3.8) is 0 Å². The molecule has 0 saturated carbocycles. The van der Waals surface area contributed by atoms with Crippen molar-refractivity contribution in [3.8, 4) is 22.5 Å². The number of hydrogen-bond donors (Lipinski definition) is 0. The van der Waals surface area contributed by atoms with Crippen LogP contribution in [0, 0.1) is 11.6 Å². The quantitative estimate of drug-likeness (QED) is 0.303. The Bertz CT molecular complexity index is 1430. The molecular weight excluding hydrogens is 374 g/mol. The van der Waals surface area contributed by atoms with Crippen LogP contribution in [-0.4, -0.2) is 9.97 Å². The van der Waals surface area contributed by atoms with E-state index < -0.39 is 11.4 Å². The number of halogens is 2. The fraction of sp³-hybridized carbons (Fsp3) is 0. The lowest BCUT2D eigenvalue weighted by molar-refractivity contribution is 0.567. The molecule has 29 heavy (non-hydrogen) atoms. The van der Waals surface area contributed by atoms with E-state index >= 15 is 0 Å². The Morgan fingerprint density at radius 3 is 1.76 bits per heavy atom. The molecule has 6 heteroatoms. The first-order valence-electron chi connectivity index (χ1n) is 8.85. The second kappa shape index (κ2) is 6.60. The molecule has 4 nitrogen and oxygen atoms in total. The molecule has 0 unspecified atom stereocenters. The van der Waals surface area contributed by atoms with Gasteiger partial charge in [0.25, 0.3) is 0 Å². The fourth-order valence-electron chi connectivity index (χ4n) is 3.28. The van der Waals surface area contributed by atoms with Crippen molar-refractivity contribution in [1.29, 1.82) is 0 Å². The zero-order valence-electron chi connectivity index (χ0n) is 14.9. The summed E-state index contributed by atoms with van der Waals surface area (Å²) in [5, 5.41) is 0.642. The van der Waals surface area contributed by atoms with E-state index in [2.05, 4.69) is 4.98 Å². The molecular formula is C23H12F2N2O2. The maximum Gasteiger partial charge on any atom is 0.364 e. The molecule has 0 spiro atoms. The number of fused-ring (bicyclic) bond motifs is 3. The van der Waals surface area contributed by atoms with Crippen LogP contribution in [0.15, 0.2) is 82.0 Å². The first-order valence-corrected chi connectivity index (χ1v) is 8.85. The minimum atomic E-state index is -0.611. The molecule has 0 N–H and O–H groups in total. The van der Waals surface area contributed by atoms with E-state index in [1.165, 1.54) is 24.3 Å². The van der Waals surface area contributed by atoms with Gasteiger partial charge in [0.2, 0.25) is 0 Å². The molecule has 2 aromatic heterocycles. The van der Waals surface area contributed by atoms with E-state index in [-0.39, 0.29) is 11.3 Å². The molecule has 0 amide bonds. The summed E-state index contributed by atoms with van der Waals surface area (Å²) >= 11 is 0. The molecule has 0 aliphatic rings. The second-order valence-corrected chi connectivity index (χ2v) is 6.52. The Kier molecular flexibility index (Phi) is 3.91. The average Bonchev–Trinajstić information content (AvgIpc) is 2.74. The normalized spacial score (nSPS) is 11.2. The van der Waals surface area contributed by atoms with E-state index in [4.69, 9.17) is 9.40 Å². The van der Waals surface area contributed by atoms with Gasteiger partial charge in [0.15, 0.2) is 5.52 Å². The predicted molar refractivity (Wildman–Crippen MR) is 106 cm³/mol. The molecule has 0 saturated heterocycles. The van der Waals surface area contributed by atoms with Gasteiger partial charge in [-0.1, -0.05) is 12.1 Å². The summed E-state index contributed by atoms with van der Waals surface area (Å²) in [6, 6.07) is 18.6. The standard InChI is InChI=1S/C23H12F2N2O2/c24-15-9-5-13(6-10-15)19-20(14-7-11-16(25)12-8-14)27-22-21(26-19)17-3-1-2-4-18(17)29-23(22)28/h1-12H. The Labute approximate surface area is 163 Å². The SMILES string of the molecule is O=c1oc2ccccc2c2nc(-c3ccc(F)cc3)c(-c3ccc(F)cc3)nc12. The largest absolute Gasteiger partial charge is 0.421 e. The van der Waals surface area contributed by atoms with Crippen LogP contribution in [0.1, 0.15) is 0 Å². The summed E-state index contributed by atoms with van der Waals surface area (Å²) in [4.78, 5) is 21.8. The van der Waals surface area contributed by atoms with E-state index in [0.29, 0.717) is 39.0 Å². The highest BCUT2D eigenvalue weighted by Crippen LogP contribution is 2.32. The van der Waals surface area contributed by atoms with Crippen LogP contribution in [0.25, 0.3) is 44.5 Å². The van der Waals surface area contributed by atoms with Crippen LogP contribution in [0.5, 0.6) is 0 Å². The first kappa shape index (κ1) is 17.2. The number of aromatic nitrogens is 2. The minimum absolute atomic E-state index is 0.0777. The minimum Gasteiger partial charge on any atom is -0.421 e. The molecule has 0 aliphatic carbocycles. The van der Waals surface area contributed by atoms with Crippen LogP contribution >= 0.6 is 0 Å². The Morgan fingerprint density at radius 1 is 0.655 bits per heavy atom. The van der Waals surface area contributed by atoms with Crippen molar-refractivity contribution in [2.45, 2.75) is 0 Å². The second-order valence-electron chi connectivity index (χ2n) is 6.52. The van der Waals surface area contributed by atoms with E-state index in [9.17, 15) is 13.6 Å². The van der Waals surface area contributed by atoms with E-state index in [1.807, 2.05) is 6.07 Å². The molecule has 0 atom stereocenters. The third-order valence-corrected chi connectivity index (χ3v) is 4.67. The molecule has 0 bridgehead atoms. The first-order chi connectivity index (χ1) is 14.1. The zero-order chi connectivity index (χ0) is 20.0. The lowest BCUT2D eigenvalue weighted by Gasteiger charge is -2.11. The Morgan fingerprint density at radius 2 is 1.17 bits per heavy atom. The Balaban J connectivity index is 1.91. The number of rotatable bonds is 2. The van der Waals surface area contributed by atoms with Crippen molar-refractivity contribution in [2.24, 2.45) is 0 Å². The smallest absolute Gasteiger partial charge is 0.364 e. The summed E-state index contributed by atoms with van der Waals surface area (Å²) < 4.78 is 32.3. The molecule has 3 aromatic carbocycles. The summed E-state index contributed by atoms with van der Waals surface area (Å²) in [6.45, 7) is 0. The third-order valence-electron chi connectivity index (χ3n) is 4.67. The molecule has 5 rings (SSSR count). The molecule has 5 aromatic rings. The summed E-state index contributed by atoms with van der Waals surface area (Å²) in [6.07, 6.45) is 0. The van der Waals surface area contributed by atoms with Crippen LogP contribution in [0.3, 0.4) is 0 Å². The van der Waals surface area contributed by atoms with Crippen LogP contribution in [-0.2, 0) is 0 Å². The zero-order valence-corrected chi connectivity index (χ0v) is 14.9. The van der Waals surface area contributed by atoms with Gasteiger partial charge in [0.1, 0.15) is 22.7 Å². The maximum absolute atomic E-state index is 13.5. The number of hydrogen-bond acceptors (Lipinski definition) is 4. The molecule has 140 valence electrons. The van der Waals surface area contributed by atoms with Crippen LogP contribution in [0.2, 0.25) is 0 Å². The van der Waals surface area contributed by atoms with Gasteiger partial charge < -0.3 is 4.42 Å². The third kappa shape index (κ3) is 2.95. The molecule has 0 radical (unpaired) electrons. The predicted octanol–water partition coefficient (Wildman–Crippen LogP) is 5.35. The monoisotopic (exact) mass is 386 g/mol. The van der Waals surface area contributed by atoms with Gasteiger partial charge >= 0.3 is 5.63 Å². The van der Waals surface area contributed by atoms with Crippen LogP contribution < -0.4 is 5.63 Å². The highest BCUT2D eigenvalue weighted by atomic mass is 19.1. The van der Waals surface area contributed by atoms with Gasteiger partial charge in [-0.05, 0) is 60.7 Å². The highest BCUT2D eigenvalue weighted by Gasteiger charge is 2.18. The molecule has 0 aliphatic heterocycles. The summed E-state index contributed by atoms with van der Waals surface area (Å²) in [5.41, 5.74) is 2.30. The molecule has 2 heterocycles. The number of para-hydroxylation sites is 1. The average molecular weight is 386 g/mol. The van der Waals surface area contributed by atoms with Gasteiger partial charge in [-0.3, -0.25) is 0 Å². The lowest BCUT2D eigenvalue weighted by Crippen LogP contribution is -2.06. The van der Waals surface area contributed by atoms with Gasteiger partial charge in [-0.2, -0.15) is 0 Å². The highest BCUT2D eigenvalue weighted by molar-refractivity contribution is 6.02. The van der Waals surface area contributed by atoms with E-state index in [1.54, 1.807) is 42.5 Å². The van der Waals surface area contributed by atoms with Gasteiger partial charge in [-0.25, -0.2) is 23.5 Å².